The fraction of sp³-hybridized carbons (Fsp3) is 0.467. The van der Waals surface area contributed by atoms with E-state index >= 15 is 0 Å². The lowest BCUT2D eigenvalue weighted by molar-refractivity contribution is -0.135. The first-order valence-corrected chi connectivity index (χ1v) is 7.11. The van der Waals surface area contributed by atoms with Crippen LogP contribution < -0.4 is 10.6 Å². The van der Waals surface area contributed by atoms with E-state index < -0.39 is 12.5 Å². The van der Waals surface area contributed by atoms with Crippen LogP contribution in [0.15, 0.2) is 24.3 Å². The number of carboxylic acid groups (broad SMARTS) is 1. The summed E-state index contributed by atoms with van der Waals surface area (Å²) in [4.78, 5) is 26.7. The standard InChI is InChI=1S/C15H21N3O3/c1-11-5-4-8-17(9-11)15(21)18(10-14(19)20)13-7-3-2-6-12(13)16/h2-3,6-7,11H,4-5,8-10,16H2,1H3,(H,19,20). The second kappa shape index (κ2) is 6.47. The van der Waals surface area contributed by atoms with Gasteiger partial charge in [0.05, 0.1) is 11.4 Å². The number of nitrogen functional groups attached to an aromatic ring is 1. The molecule has 2 amide bonds. The van der Waals surface area contributed by atoms with E-state index in [4.69, 9.17) is 10.8 Å². The molecule has 1 aliphatic heterocycles. The van der Waals surface area contributed by atoms with Crippen LogP contribution in [-0.2, 0) is 4.79 Å². The molecule has 0 bridgehead atoms. The van der Waals surface area contributed by atoms with E-state index in [-0.39, 0.29) is 6.03 Å². The normalized spacial score (nSPS) is 18.3. The maximum atomic E-state index is 12.7. The summed E-state index contributed by atoms with van der Waals surface area (Å²) in [5, 5.41) is 9.08. The van der Waals surface area contributed by atoms with Gasteiger partial charge in [-0.1, -0.05) is 19.1 Å². The average molecular weight is 291 g/mol. The highest BCUT2D eigenvalue weighted by molar-refractivity contribution is 5.98. The summed E-state index contributed by atoms with van der Waals surface area (Å²) < 4.78 is 0. The topological polar surface area (TPSA) is 86.9 Å². The number of aliphatic carboxylic acids is 1. The van der Waals surface area contributed by atoms with Crippen LogP contribution in [0.5, 0.6) is 0 Å². The van der Waals surface area contributed by atoms with Gasteiger partial charge in [0, 0.05) is 13.1 Å². The zero-order chi connectivity index (χ0) is 15.4. The molecule has 1 aromatic rings. The van der Waals surface area contributed by atoms with Crippen molar-refractivity contribution in [1.29, 1.82) is 0 Å². The molecule has 0 radical (unpaired) electrons. The number of carbonyl (C=O) groups is 2. The summed E-state index contributed by atoms with van der Waals surface area (Å²) in [5.41, 5.74) is 6.73. The minimum atomic E-state index is -1.06. The Balaban J connectivity index is 2.25. The lowest BCUT2D eigenvalue weighted by Gasteiger charge is -2.35. The molecule has 1 heterocycles. The van der Waals surface area contributed by atoms with Gasteiger partial charge in [0.1, 0.15) is 6.54 Å². The minimum absolute atomic E-state index is 0.290. The Kier molecular flexibility index (Phi) is 4.67. The second-order valence-electron chi connectivity index (χ2n) is 5.51. The third kappa shape index (κ3) is 3.65. The van der Waals surface area contributed by atoms with Gasteiger partial charge in [-0.25, -0.2) is 4.79 Å². The van der Waals surface area contributed by atoms with Crippen molar-refractivity contribution in [2.24, 2.45) is 5.92 Å². The summed E-state index contributed by atoms with van der Waals surface area (Å²) in [6.45, 7) is 3.02. The number of rotatable bonds is 3. The van der Waals surface area contributed by atoms with Crippen molar-refractivity contribution in [2.45, 2.75) is 19.8 Å². The number of likely N-dealkylation sites (tertiary alicyclic amines) is 1. The Labute approximate surface area is 124 Å². The number of carboxylic acids is 1. The van der Waals surface area contributed by atoms with E-state index in [2.05, 4.69) is 6.92 Å². The van der Waals surface area contributed by atoms with Gasteiger partial charge in [0.15, 0.2) is 0 Å². The monoisotopic (exact) mass is 291 g/mol. The van der Waals surface area contributed by atoms with Crippen LogP contribution in [0.3, 0.4) is 0 Å². The largest absolute Gasteiger partial charge is 0.480 e. The molecule has 1 atom stereocenters. The van der Waals surface area contributed by atoms with Crippen LogP contribution >= 0.6 is 0 Å². The smallest absolute Gasteiger partial charge is 0.325 e. The third-order valence-corrected chi connectivity index (χ3v) is 3.68. The number of piperidine rings is 1. The van der Waals surface area contributed by atoms with Crippen molar-refractivity contribution in [3.8, 4) is 0 Å². The molecule has 0 spiro atoms. The number of anilines is 2. The van der Waals surface area contributed by atoms with E-state index in [9.17, 15) is 9.59 Å². The number of hydrogen-bond donors (Lipinski definition) is 2. The molecule has 2 rings (SSSR count). The van der Waals surface area contributed by atoms with Crippen molar-refractivity contribution in [3.63, 3.8) is 0 Å². The van der Waals surface area contributed by atoms with Crippen LogP contribution in [0, 0.1) is 5.92 Å². The summed E-state index contributed by atoms with van der Waals surface area (Å²) in [6, 6.07) is 6.54. The van der Waals surface area contributed by atoms with Crippen molar-refractivity contribution in [1.82, 2.24) is 4.90 Å². The number of nitrogens with zero attached hydrogens (tertiary/aromatic N) is 2. The molecule has 21 heavy (non-hydrogen) atoms. The molecule has 0 aliphatic carbocycles. The predicted molar refractivity (Wildman–Crippen MR) is 81.2 cm³/mol. The Morgan fingerprint density at radius 3 is 2.76 bits per heavy atom. The van der Waals surface area contributed by atoms with Gasteiger partial charge >= 0.3 is 12.0 Å². The summed E-state index contributed by atoms with van der Waals surface area (Å²) >= 11 is 0. The third-order valence-electron chi connectivity index (χ3n) is 3.68. The summed E-state index contributed by atoms with van der Waals surface area (Å²) in [7, 11) is 0. The van der Waals surface area contributed by atoms with Crippen molar-refractivity contribution in [3.05, 3.63) is 24.3 Å². The van der Waals surface area contributed by atoms with Crippen molar-refractivity contribution in [2.75, 3.05) is 30.3 Å². The van der Waals surface area contributed by atoms with Gasteiger partial charge in [-0.15, -0.1) is 0 Å². The first-order chi connectivity index (χ1) is 9.99. The highest BCUT2D eigenvalue weighted by Crippen LogP contribution is 2.25. The van der Waals surface area contributed by atoms with Crippen molar-refractivity contribution < 1.29 is 14.7 Å². The molecule has 6 heteroatoms. The molecule has 0 saturated carbocycles. The number of amides is 2. The molecule has 3 N–H and O–H groups in total. The fourth-order valence-electron chi connectivity index (χ4n) is 2.66. The Bertz CT molecular complexity index is 533. The van der Waals surface area contributed by atoms with E-state index in [0.717, 1.165) is 12.8 Å². The second-order valence-corrected chi connectivity index (χ2v) is 5.51. The molecule has 1 saturated heterocycles. The summed E-state index contributed by atoms with van der Waals surface area (Å²) in [6.07, 6.45) is 2.04. The SMILES string of the molecule is CC1CCCN(C(=O)N(CC(=O)O)c2ccccc2N)C1. The van der Waals surface area contributed by atoms with Crippen LogP contribution in [0.25, 0.3) is 0 Å². The highest BCUT2D eigenvalue weighted by Gasteiger charge is 2.28. The number of carbonyl (C=O) groups excluding carboxylic acids is 1. The van der Waals surface area contributed by atoms with Gasteiger partial charge in [-0.05, 0) is 30.9 Å². The molecule has 1 fully saturated rings. The number of nitrogens with two attached hydrogens (primary N) is 1. The van der Waals surface area contributed by atoms with E-state index in [1.54, 1.807) is 29.2 Å². The van der Waals surface area contributed by atoms with Gasteiger partial charge in [0.25, 0.3) is 0 Å². The molecule has 1 aliphatic rings. The number of urea groups is 1. The van der Waals surface area contributed by atoms with E-state index in [0.29, 0.717) is 30.4 Å². The van der Waals surface area contributed by atoms with Crippen LogP contribution in [0.4, 0.5) is 16.2 Å². The number of hydrogen-bond acceptors (Lipinski definition) is 3. The maximum Gasteiger partial charge on any atom is 0.325 e. The zero-order valence-electron chi connectivity index (χ0n) is 12.2. The quantitative estimate of drug-likeness (QED) is 0.834. The van der Waals surface area contributed by atoms with Crippen LogP contribution in [0.1, 0.15) is 19.8 Å². The molecule has 0 aromatic heterocycles. The Hall–Kier alpha value is -2.24. The lowest BCUT2D eigenvalue weighted by Crippen LogP contribution is -2.49. The van der Waals surface area contributed by atoms with Crippen LogP contribution in [0.2, 0.25) is 0 Å². The van der Waals surface area contributed by atoms with Gasteiger partial charge in [-0.2, -0.15) is 0 Å². The Morgan fingerprint density at radius 2 is 2.14 bits per heavy atom. The number of benzene rings is 1. The fourth-order valence-corrected chi connectivity index (χ4v) is 2.66. The predicted octanol–water partition coefficient (Wildman–Crippen LogP) is 2.01. The lowest BCUT2D eigenvalue weighted by atomic mass is 10.0. The molecule has 114 valence electrons. The molecule has 6 nitrogen and oxygen atoms in total. The van der Waals surface area contributed by atoms with E-state index in [1.807, 2.05) is 0 Å². The average Bonchev–Trinajstić information content (AvgIpc) is 2.45. The van der Waals surface area contributed by atoms with E-state index in [1.165, 1.54) is 4.90 Å². The Morgan fingerprint density at radius 1 is 1.43 bits per heavy atom. The highest BCUT2D eigenvalue weighted by atomic mass is 16.4. The molecule has 1 unspecified atom stereocenters. The summed E-state index contributed by atoms with van der Waals surface area (Å²) in [5.74, 6) is -0.626. The van der Waals surface area contributed by atoms with Gasteiger partial charge in [0.2, 0.25) is 0 Å². The van der Waals surface area contributed by atoms with Crippen LogP contribution in [-0.4, -0.2) is 41.6 Å². The first-order valence-electron chi connectivity index (χ1n) is 7.11. The maximum absolute atomic E-state index is 12.7. The molecule has 1 aromatic carbocycles. The molecular formula is C15H21N3O3. The first kappa shape index (κ1) is 15.2. The molecular weight excluding hydrogens is 270 g/mol. The van der Waals surface area contributed by atoms with Gasteiger partial charge in [-0.3, -0.25) is 9.69 Å². The minimum Gasteiger partial charge on any atom is -0.480 e. The zero-order valence-corrected chi connectivity index (χ0v) is 12.2. The van der Waals surface area contributed by atoms with Crippen molar-refractivity contribution >= 4 is 23.4 Å². The number of para-hydroxylation sites is 2. The van der Waals surface area contributed by atoms with Gasteiger partial charge < -0.3 is 15.7 Å².